The van der Waals surface area contributed by atoms with Crippen molar-refractivity contribution in [1.29, 1.82) is 0 Å². The molecule has 1 aliphatic rings. The molecule has 4 heteroatoms. The van der Waals surface area contributed by atoms with E-state index in [0.29, 0.717) is 5.92 Å². The number of carbonyl (C=O) groups excluding carboxylic acids is 1. The average molecular weight is 306 g/mol. The van der Waals surface area contributed by atoms with Crippen molar-refractivity contribution in [2.75, 3.05) is 13.1 Å². The summed E-state index contributed by atoms with van der Waals surface area (Å²) in [5.74, 6) is 0.351. The zero-order valence-corrected chi connectivity index (χ0v) is 12.7. The number of halogens is 1. The Morgan fingerprint density at radius 2 is 2.06 bits per heavy atom. The fourth-order valence-corrected chi connectivity index (χ4v) is 2.85. The van der Waals surface area contributed by atoms with E-state index < -0.39 is 0 Å². The summed E-state index contributed by atoms with van der Waals surface area (Å²) in [7, 11) is 0. The van der Waals surface area contributed by atoms with Gasteiger partial charge in [-0.2, -0.15) is 0 Å². The van der Waals surface area contributed by atoms with Crippen molar-refractivity contribution >= 4 is 21.9 Å². The Morgan fingerprint density at radius 3 is 2.59 bits per heavy atom. The van der Waals surface area contributed by atoms with E-state index in [2.05, 4.69) is 28.2 Å². The molecule has 0 amide bonds. The molecule has 0 aliphatic carbocycles. The lowest BCUT2D eigenvalue weighted by atomic mass is 9.83. The van der Waals surface area contributed by atoms with E-state index in [1.165, 1.54) is 0 Å². The van der Waals surface area contributed by atoms with Crippen molar-refractivity contribution in [3.63, 3.8) is 0 Å². The molecule has 3 nitrogen and oxygen atoms in total. The van der Waals surface area contributed by atoms with Gasteiger partial charge >= 0.3 is 5.97 Å². The minimum absolute atomic E-state index is 0.115. The molecule has 1 rings (SSSR count). The summed E-state index contributed by atoms with van der Waals surface area (Å²) in [5, 5.41) is 3.33. The maximum Gasteiger partial charge on any atom is 0.320 e. The Kier molecular flexibility index (Phi) is 5.93. The van der Waals surface area contributed by atoms with Gasteiger partial charge in [0.2, 0.25) is 0 Å². The van der Waals surface area contributed by atoms with Gasteiger partial charge in [-0.1, -0.05) is 29.3 Å². The number of ether oxygens (including phenoxy) is 1. The highest BCUT2D eigenvalue weighted by atomic mass is 79.9. The molecule has 1 fully saturated rings. The summed E-state index contributed by atoms with van der Waals surface area (Å²) in [4.78, 5) is 11.7. The Labute approximate surface area is 113 Å². The number of hydrogen-bond donors (Lipinski definition) is 1. The van der Waals surface area contributed by atoms with Gasteiger partial charge in [0, 0.05) is 5.92 Å². The predicted octanol–water partition coefficient (Wildman–Crippen LogP) is 2.87. The number of piperidine rings is 1. The van der Waals surface area contributed by atoms with Gasteiger partial charge in [-0.05, 0) is 46.2 Å². The van der Waals surface area contributed by atoms with Crippen molar-refractivity contribution < 1.29 is 9.53 Å². The molecule has 1 aliphatic heterocycles. The maximum absolute atomic E-state index is 11.9. The highest BCUT2D eigenvalue weighted by Crippen LogP contribution is 2.30. The molecule has 0 saturated carbocycles. The smallest absolute Gasteiger partial charge is 0.320 e. The fraction of sp³-hybridized carbons (Fsp3) is 0.923. The zero-order valence-electron chi connectivity index (χ0n) is 11.1. The number of nitrogens with one attached hydrogen (secondary N) is 1. The van der Waals surface area contributed by atoms with Crippen LogP contribution in [0.4, 0.5) is 0 Å². The van der Waals surface area contributed by atoms with E-state index >= 15 is 0 Å². The van der Waals surface area contributed by atoms with Crippen LogP contribution in [0.2, 0.25) is 0 Å². The van der Waals surface area contributed by atoms with Crippen LogP contribution < -0.4 is 5.32 Å². The van der Waals surface area contributed by atoms with Crippen LogP contribution in [0, 0.1) is 5.92 Å². The van der Waals surface area contributed by atoms with Crippen LogP contribution in [0.1, 0.15) is 46.5 Å². The third kappa shape index (κ3) is 4.59. The SMILES string of the molecule is CCCC(Br)C(=O)OC(C)(C)C1CCNCC1. The Balaban J connectivity index is 2.49. The predicted molar refractivity (Wildman–Crippen MR) is 73.4 cm³/mol. The summed E-state index contributed by atoms with van der Waals surface area (Å²) < 4.78 is 5.68. The topological polar surface area (TPSA) is 38.3 Å². The maximum atomic E-state index is 11.9. The van der Waals surface area contributed by atoms with Crippen LogP contribution in [0.5, 0.6) is 0 Å². The second-order valence-electron chi connectivity index (χ2n) is 5.31. The quantitative estimate of drug-likeness (QED) is 0.627. The molecule has 1 heterocycles. The van der Waals surface area contributed by atoms with Crippen molar-refractivity contribution in [1.82, 2.24) is 5.32 Å². The number of esters is 1. The van der Waals surface area contributed by atoms with Gasteiger partial charge in [0.05, 0.1) is 0 Å². The molecule has 1 atom stereocenters. The molecule has 0 bridgehead atoms. The van der Waals surface area contributed by atoms with E-state index in [0.717, 1.165) is 38.8 Å². The van der Waals surface area contributed by atoms with Crippen LogP contribution in [0.25, 0.3) is 0 Å². The first-order valence-corrected chi connectivity index (χ1v) is 7.46. The lowest BCUT2D eigenvalue weighted by Gasteiger charge is -2.37. The number of rotatable bonds is 5. The van der Waals surface area contributed by atoms with Gasteiger partial charge < -0.3 is 10.1 Å². The van der Waals surface area contributed by atoms with Crippen molar-refractivity contribution in [2.24, 2.45) is 5.92 Å². The van der Waals surface area contributed by atoms with Crippen LogP contribution in [-0.2, 0) is 9.53 Å². The fourth-order valence-electron chi connectivity index (χ4n) is 2.29. The van der Waals surface area contributed by atoms with Gasteiger partial charge in [-0.25, -0.2) is 0 Å². The monoisotopic (exact) mass is 305 g/mol. The van der Waals surface area contributed by atoms with Gasteiger partial charge in [-0.15, -0.1) is 0 Å². The second-order valence-corrected chi connectivity index (χ2v) is 6.41. The van der Waals surface area contributed by atoms with E-state index in [1.807, 2.05) is 13.8 Å². The Hall–Kier alpha value is -0.0900. The lowest BCUT2D eigenvalue weighted by Crippen LogP contribution is -2.43. The molecule has 17 heavy (non-hydrogen) atoms. The minimum Gasteiger partial charge on any atom is -0.459 e. The van der Waals surface area contributed by atoms with E-state index in [4.69, 9.17) is 4.74 Å². The molecule has 1 N–H and O–H groups in total. The van der Waals surface area contributed by atoms with E-state index in [-0.39, 0.29) is 16.4 Å². The van der Waals surface area contributed by atoms with Gasteiger partial charge in [-0.3, -0.25) is 4.79 Å². The summed E-state index contributed by atoms with van der Waals surface area (Å²) in [5.41, 5.74) is -0.348. The third-order valence-electron chi connectivity index (χ3n) is 3.48. The van der Waals surface area contributed by atoms with Crippen molar-refractivity contribution in [2.45, 2.75) is 56.9 Å². The second kappa shape index (κ2) is 6.74. The van der Waals surface area contributed by atoms with Gasteiger partial charge in [0.1, 0.15) is 10.4 Å². The zero-order chi connectivity index (χ0) is 12.9. The minimum atomic E-state index is -0.348. The van der Waals surface area contributed by atoms with Crippen LogP contribution >= 0.6 is 15.9 Å². The number of alkyl halides is 1. The number of hydrogen-bond acceptors (Lipinski definition) is 3. The van der Waals surface area contributed by atoms with Gasteiger partial charge in [0.15, 0.2) is 0 Å². The molecular weight excluding hydrogens is 282 g/mol. The first-order valence-electron chi connectivity index (χ1n) is 6.55. The molecule has 0 spiro atoms. The molecule has 1 saturated heterocycles. The molecule has 0 radical (unpaired) electrons. The largest absolute Gasteiger partial charge is 0.459 e. The average Bonchev–Trinajstić information content (AvgIpc) is 2.30. The molecule has 100 valence electrons. The summed E-state index contributed by atoms with van der Waals surface area (Å²) in [6.45, 7) is 8.19. The standard InChI is InChI=1S/C13H24BrNO2/c1-4-5-11(14)12(16)17-13(2,3)10-6-8-15-9-7-10/h10-11,15H,4-9H2,1-3H3. The molecular formula is C13H24BrNO2. The van der Waals surface area contributed by atoms with E-state index in [9.17, 15) is 4.79 Å². The third-order valence-corrected chi connectivity index (χ3v) is 4.32. The summed E-state index contributed by atoms with van der Waals surface area (Å²) >= 11 is 3.39. The Morgan fingerprint density at radius 1 is 1.47 bits per heavy atom. The van der Waals surface area contributed by atoms with Crippen molar-refractivity contribution in [3.05, 3.63) is 0 Å². The molecule has 0 aromatic carbocycles. The highest BCUT2D eigenvalue weighted by molar-refractivity contribution is 9.10. The summed E-state index contributed by atoms with van der Waals surface area (Å²) in [6, 6.07) is 0. The first kappa shape index (κ1) is 15.0. The van der Waals surface area contributed by atoms with Gasteiger partial charge in [0.25, 0.3) is 0 Å². The molecule has 0 aromatic heterocycles. The normalized spacial score (nSPS) is 20.0. The number of carbonyl (C=O) groups is 1. The lowest BCUT2D eigenvalue weighted by molar-refractivity contribution is -0.162. The van der Waals surface area contributed by atoms with Crippen LogP contribution in [-0.4, -0.2) is 29.5 Å². The van der Waals surface area contributed by atoms with Crippen LogP contribution in [0.15, 0.2) is 0 Å². The summed E-state index contributed by atoms with van der Waals surface area (Å²) in [6.07, 6.45) is 3.99. The van der Waals surface area contributed by atoms with Crippen molar-refractivity contribution in [3.8, 4) is 0 Å². The Bertz CT molecular complexity index is 250. The van der Waals surface area contributed by atoms with E-state index in [1.54, 1.807) is 0 Å². The highest BCUT2D eigenvalue weighted by Gasteiger charge is 2.35. The first-order chi connectivity index (χ1) is 7.97. The van der Waals surface area contributed by atoms with Crippen LogP contribution in [0.3, 0.4) is 0 Å². The molecule has 0 aromatic rings. The molecule has 1 unspecified atom stereocenters.